The lowest BCUT2D eigenvalue weighted by Crippen LogP contribution is -2.17. The third-order valence-corrected chi connectivity index (χ3v) is 0.881. The minimum absolute atomic E-state index is 0.202. The van der Waals surface area contributed by atoms with Crippen molar-refractivity contribution in [2.75, 3.05) is 20.3 Å². The van der Waals surface area contributed by atoms with Crippen LogP contribution in [0.5, 0.6) is 0 Å². The van der Waals surface area contributed by atoms with Gasteiger partial charge in [-0.05, 0) is 6.92 Å². The number of ether oxygens (including phenoxy) is 1. The van der Waals surface area contributed by atoms with Gasteiger partial charge in [-0.1, -0.05) is 0 Å². The molecule has 0 aliphatic rings. The highest BCUT2D eigenvalue weighted by atomic mass is 16.6. The van der Waals surface area contributed by atoms with Gasteiger partial charge in [0, 0.05) is 6.54 Å². The van der Waals surface area contributed by atoms with Crippen molar-refractivity contribution in [2.24, 2.45) is 0 Å². The molecule has 0 aliphatic heterocycles. The number of carbonyl (C=O) groups excluding carboxylic acids is 1. The molecule has 0 fully saturated rings. The lowest BCUT2D eigenvalue weighted by molar-refractivity contribution is -0.143. The van der Waals surface area contributed by atoms with Crippen LogP contribution in [0.25, 0.3) is 0 Å². The Kier molecular flexibility index (Phi) is 6.11. The molecule has 0 aliphatic carbocycles. The second kappa shape index (κ2) is 6.51. The van der Waals surface area contributed by atoms with E-state index < -0.39 is 0 Å². The maximum atomic E-state index is 10.6. The van der Waals surface area contributed by atoms with Crippen LogP contribution in [0.4, 0.5) is 0 Å². The van der Waals surface area contributed by atoms with Gasteiger partial charge in [0.25, 0.3) is 0 Å². The van der Waals surface area contributed by atoms with E-state index in [4.69, 9.17) is 0 Å². The van der Waals surface area contributed by atoms with Gasteiger partial charge in [0.2, 0.25) is 0 Å². The molecule has 0 aromatic rings. The summed E-state index contributed by atoms with van der Waals surface area (Å²) in [6, 6.07) is 0. The summed E-state index contributed by atoms with van der Waals surface area (Å²) in [5.41, 5.74) is 2.54. The molecule has 0 aromatic heterocycles. The summed E-state index contributed by atoms with van der Waals surface area (Å²) in [4.78, 5) is 15.1. The Morgan fingerprint density at radius 2 is 2.30 bits per heavy atom. The normalized spacial score (nSPS) is 9.40. The second-order valence-electron chi connectivity index (χ2n) is 1.65. The van der Waals surface area contributed by atoms with Crippen molar-refractivity contribution < 1.29 is 14.4 Å². The van der Waals surface area contributed by atoms with Gasteiger partial charge in [-0.3, -0.25) is 4.79 Å². The van der Waals surface area contributed by atoms with Gasteiger partial charge in [-0.2, -0.15) is 0 Å². The third kappa shape index (κ3) is 5.53. The van der Waals surface area contributed by atoms with E-state index in [2.05, 4.69) is 15.1 Å². The van der Waals surface area contributed by atoms with Crippen LogP contribution in [0.1, 0.15) is 13.3 Å². The fourth-order valence-corrected chi connectivity index (χ4v) is 0.488. The Morgan fingerprint density at radius 3 is 2.80 bits per heavy atom. The molecule has 0 spiro atoms. The molecule has 0 radical (unpaired) electrons. The summed E-state index contributed by atoms with van der Waals surface area (Å²) in [6.45, 7) is 2.71. The van der Waals surface area contributed by atoms with Crippen LogP contribution in [-0.4, -0.2) is 26.2 Å². The molecule has 0 rings (SSSR count). The lowest BCUT2D eigenvalue weighted by Gasteiger charge is -2.00. The first-order valence-corrected chi connectivity index (χ1v) is 3.22. The molecule has 0 atom stereocenters. The molecule has 0 aromatic carbocycles. The van der Waals surface area contributed by atoms with Gasteiger partial charge in [0.05, 0.1) is 20.1 Å². The zero-order valence-corrected chi connectivity index (χ0v) is 6.35. The zero-order valence-electron chi connectivity index (χ0n) is 6.35. The Labute approximate surface area is 60.5 Å². The minimum Gasteiger partial charge on any atom is -0.466 e. The van der Waals surface area contributed by atoms with E-state index in [1.165, 1.54) is 7.11 Å². The first-order chi connectivity index (χ1) is 4.81. The van der Waals surface area contributed by atoms with Gasteiger partial charge in [-0.25, -0.2) is 5.48 Å². The fraction of sp³-hybridized carbons (Fsp3) is 0.833. The molecule has 0 amide bonds. The van der Waals surface area contributed by atoms with E-state index in [0.29, 0.717) is 19.6 Å². The molecular weight excluding hydrogens is 134 g/mol. The van der Waals surface area contributed by atoms with Crippen LogP contribution in [0.15, 0.2) is 0 Å². The minimum atomic E-state index is -0.202. The van der Waals surface area contributed by atoms with E-state index >= 15 is 0 Å². The lowest BCUT2D eigenvalue weighted by atomic mass is 10.4. The molecular formula is C6H13NO3. The molecule has 0 heterocycles. The molecule has 10 heavy (non-hydrogen) atoms. The predicted octanol–water partition coefficient (Wildman–Crippen LogP) is 0.0906. The number of rotatable bonds is 5. The van der Waals surface area contributed by atoms with Gasteiger partial charge < -0.3 is 9.57 Å². The quantitative estimate of drug-likeness (QED) is 0.340. The number of hydrogen-bond donors (Lipinski definition) is 1. The van der Waals surface area contributed by atoms with Crippen LogP contribution in [0.2, 0.25) is 0 Å². The molecule has 1 N–H and O–H groups in total. The number of hydroxylamine groups is 1. The van der Waals surface area contributed by atoms with E-state index in [-0.39, 0.29) is 5.97 Å². The van der Waals surface area contributed by atoms with Crippen LogP contribution in [-0.2, 0) is 14.4 Å². The molecule has 60 valence electrons. The number of carbonyl (C=O) groups is 1. The predicted molar refractivity (Wildman–Crippen MR) is 36.3 cm³/mol. The van der Waals surface area contributed by atoms with E-state index in [1.54, 1.807) is 6.92 Å². The Bertz CT molecular complexity index is 95.0. The summed E-state index contributed by atoms with van der Waals surface area (Å²) in [6.07, 6.45) is 0.349. The zero-order chi connectivity index (χ0) is 7.82. The first-order valence-electron chi connectivity index (χ1n) is 3.22. The first kappa shape index (κ1) is 9.39. The van der Waals surface area contributed by atoms with Gasteiger partial charge >= 0.3 is 5.97 Å². The average molecular weight is 147 g/mol. The molecule has 4 heteroatoms. The number of hydrogen-bond acceptors (Lipinski definition) is 4. The second-order valence-corrected chi connectivity index (χ2v) is 1.65. The van der Waals surface area contributed by atoms with E-state index in [1.807, 2.05) is 0 Å². The Morgan fingerprint density at radius 1 is 1.60 bits per heavy atom. The van der Waals surface area contributed by atoms with Crippen molar-refractivity contribution in [1.82, 2.24) is 5.48 Å². The fourth-order valence-electron chi connectivity index (χ4n) is 0.488. The topological polar surface area (TPSA) is 47.6 Å². The van der Waals surface area contributed by atoms with Crippen molar-refractivity contribution in [1.29, 1.82) is 0 Å². The summed E-state index contributed by atoms with van der Waals surface area (Å²) < 4.78 is 4.65. The van der Waals surface area contributed by atoms with E-state index in [0.717, 1.165) is 0 Å². The smallest absolute Gasteiger partial charge is 0.307 e. The Balaban J connectivity index is 3.05. The SMILES string of the molecule is CCOC(=O)CCNOC. The van der Waals surface area contributed by atoms with E-state index in [9.17, 15) is 4.79 Å². The summed E-state index contributed by atoms with van der Waals surface area (Å²) in [7, 11) is 1.51. The highest BCUT2D eigenvalue weighted by Gasteiger charge is 1.98. The van der Waals surface area contributed by atoms with Crippen molar-refractivity contribution in [3.8, 4) is 0 Å². The van der Waals surface area contributed by atoms with Gasteiger partial charge in [-0.15, -0.1) is 0 Å². The molecule has 0 saturated carbocycles. The van der Waals surface area contributed by atoms with Crippen LogP contribution in [0.3, 0.4) is 0 Å². The van der Waals surface area contributed by atoms with Crippen LogP contribution in [0, 0.1) is 0 Å². The number of nitrogens with one attached hydrogen (secondary N) is 1. The average Bonchev–Trinajstić information content (AvgIpc) is 1.89. The Hall–Kier alpha value is -0.610. The van der Waals surface area contributed by atoms with Gasteiger partial charge in [0.15, 0.2) is 0 Å². The monoisotopic (exact) mass is 147 g/mol. The maximum Gasteiger partial charge on any atom is 0.307 e. The van der Waals surface area contributed by atoms with Crippen molar-refractivity contribution in [2.45, 2.75) is 13.3 Å². The largest absolute Gasteiger partial charge is 0.466 e. The standard InChI is InChI=1S/C6H13NO3/c1-3-10-6(8)4-5-7-9-2/h7H,3-5H2,1-2H3. The summed E-state index contributed by atoms with van der Waals surface area (Å²) in [5.74, 6) is -0.202. The number of esters is 1. The highest BCUT2D eigenvalue weighted by molar-refractivity contribution is 5.69. The van der Waals surface area contributed by atoms with Crippen LogP contribution < -0.4 is 5.48 Å². The maximum absolute atomic E-state index is 10.6. The molecule has 4 nitrogen and oxygen atoms in total. The summed E-state index contributed by atoms with van der Waals surface area (Å²) in [5, 5.41) is 0. The van der Waals surface area contributed by atoms with Crippen molar-refractivity contribution in [3.63, 3.8) is 0 Å². The van der Waals surface area contributed by atoms with Crippen molar-refractivity contribution in [3.05, 3.63) is 0 Å². The highest BCUT2D eigenvalue weighted by Crippen LogP contribution is 1.83. The van der Waals surface area contributed by atoms with Crippen molar-refractivity contribution >= 4 is 5.97 Å². The van der Waals surface area contributed by atoms with Gasteiger partial charge in [0.1, 0.15) is 0 Å². The summed E-state index contributed by atoms with van der Waals surface area (Å²) >= 11 is 0. The molecule has 0 bridgehead atoms. The molecule has 0 saturated heterocycles. The third-order valence-electron chi connectivity index (χ3n) is 0.881. The molecule has 0 unspecified atom stereocenters. The van der Waals surface area contributed by atoms with Crippen LogP contribution >= 0.6 is 0 Å².